The van der Waals surface area contributed by atoms with Crippen LogP contribution in [0.3, 0.4) is 0 Å². The fourth-order valence-electron chi connectivity index (χ4n) is 3.27. The summed E-state index contributed by atoms with van der Waals surface area (Å²) >= 11 is 6.16. The molecule has 0 heterocycles. The average molecular weight is 327 g/mol. The van der Waals surface area contributed by atoms with E-state index in [9.17, 15) is 0 Å². The number of benzene rings is 2. The molecule has 0 saturated heterocycles. The SMILES string of the molecule is CCC/C(CC)=C(\CC)c1cc(-c2cccc(Cl)c2)ccc1C. The largest absolute Gasteiger partial charge is 0.0843 e. The van der Waals surface area contributed by atoms with Gasteiger partial charge in [-0.1, -0.05) is 68.6 Å². The Morgan fingerprint density at radius 1 is 0.913 bits per heavy atom. The van der Waals surface area contributed by atoms with Crippen LogP contribution in [0.25, 0.3) is 16.7 Å². The molecule has 1 heteroatoms. The Bertz CT molecular complexity index is 695. The Labute approximate surface area is 146 Å². The first-order chi connectivity index (χ1) is 11.1. The van der Waals surface area contributed by atoms with Crippen molar-refractivity contribution in [2.75, 3.05) is 0 Å². The summed E-state index contributed by atoms with van der Waals surface area (Å²) in [5.41, 5.74) is 8.30. The molecule has 2 aromatic carbocycles. The zero-order chi connectivity index (χ0) is 16.8. The summed E-state index contributed by atoms with van der Waals surface area (Å²) in [4.78, 5) is 0. The van der Waals surface area contributed by atoms with Crippen molar-refractivity contribution in [2.45, 2.75) is 53.4 Å². The highest BCUT2D eigenvalue weighted by atomic mass is 35.5. The summed E-state index contributed by atoms with van der Waals surface area (Å²) < 4.78 is 0. The smallest absolute Gasteiger partial charge is 0.0412 e. The van der Waals surface area contributed by atoms with Crippen molar-refractivity contribution in [3.63, 3.8) is 0 Å². The van der Waals surface area contributed by atoms with Crippen LogP contribution in [-0.4, -0.2) is 0 Å². The maximum Gasteiger partial charge on any atom is 0.0412 e. The van der Waals surface area contributed by atoms with E-state index in [2.05, 4.69) is 52.0 Å². The fraction of sp³-hybridized carbons (Fsp3) is 0.364. The minimum absolute atomic E-state index is 0.788. The third kappa shape index (κ3) is 4.26. The monoisotopic (exact) mass is 326 g/mol. The van der Waals surface area contributed by atoms with Gasteiger partial charge in [0.05, 0.1) is 0 Å². The van der Waals surface area contributed by atoms with Crippen LogP contribution in [-0.2, 0) is 0 Å². The highest BCUT2D eigenvalue weighted by molar-refractivity contribution is 6.30. The minimum Gasteiger partial charge on any atom is -0.0843 e. The van der Waals surface area contributed by atoms with Crippen molar-refractivity contribution in [3.05, 3.63) is 64.2 Å². The molecule has 0 atom stereocenters. The van der Waals surface area contributed by atoms with Gasteiger partial charge < -0.3 is 0 Å². The lowest BCUT2D eigenvalue weighted by atomic mass is 9.89. The van der Waals surface area contributed by atoms with Crippen LogP contribution in [0.1, 0.15) is 57.6 Å². The predicted octanol–water partition coefficient (Wildman–Crippen LogP) is 7.69. The number of allylic oxidation sites excluding steroid dienone is 2. The fourth-order valence-corrected chi connectivity index (χ4v) is 3.46. The highest BCUT2D eigenvalue weighted by Crippen LogP contribution is 2.33. The highest BCUT2D eigenvalue weighted by Gasteiger charge is 2.10. The summed E-state index contributed by atoms with van der Waals surface area (Å²) in [6, 6.07) is 14.9. The van der Waals surface area contributed by atoms with E-state index >= 15 is 0 Å². The van der Waals surface area contributed by atoms with Crippen molar-refractivity contribution < 1.29 is 0 Å². The lowest BCUT2D eigenvalue weighted by Gasteiger charge is -2.17. The molecule has 23 heavy (non-hydrogen) atoms. The molecule has 0 N–H and O–H groups in total. The van der Waals surface area contributed by atoms with Gasteiger partial charge in [0.1, 0.15) is 0 Å². The van der Waals surface area contributed by atoms with E-state index in [1.807, 2.05) is 18.2 Å². The minimum atomic E-state index is 0.788. The second-order valence-corrected chi connectivity index (χ2v) is 6.52. The Kier molecular flexibility index (Phi) is 6.47. The first-order valence-corrected chi connectivity index (χ1v) is 9.06. The van der Waals surface area contributed by atoms with E-state index in [4.69, 9.17) is 11.6 Å². The van der Waals surface area contributed by atoms with E-state index in [-0.39, 0.29) is 0 Å². The summed E-state index contributed by atoms with van der Waals surface area (Å²) in [5, 5.41) is 0.788. The molecule has 0 fully saturated rings. The van der Waals surface area contributed by atoms with Crippen LogP contribution in [0.15, 0.2) is 48.0 Å². The Hall–Kier alpha value is -1.53. The molecule has 0 aliphatic rings. The van der Waals surface area contributed by atoms with E-state index < -0.39 is 0 Å². The van der Waals surface area contributed by atoms with Gasteiger partial charge in [0.2, 0.25) is 0 Å². The molecule has 0 amide bonds. The van der Waals surface area contributed by atoms with Crippen LogP contribution in [0.2, 0.25) is 5.02 Å². The van der Waals surface area contributed by atoms with Gasteiger partial charge in [-0.05, 0) is 72.2 Å². The average Bonchev–Trinajstić information content (AvgIpc) is 2.56. The zero-order valence-corrected chi connectivity index (χ0v) is 15.5. The third-order valence-electron chi connectivity index (χ3n) is 4.48. The van der Waals surface area contributed by atoms with Gasteiger partial charge >= 0.3 is 0 Å². The molecule has 2 rings (SSSR count). The lowest BCUT2D eigenvalue weighted by Crippen LogP contribution is -1.95. The van der Waals surface area contributed by atoms with Crippen LogP contribution < -0.4 is 0 Å². The van der Waals surface area contributed by atoms with Gasteiger partial charge in [-0.25, -0.2) is 0 Å². The van der Waals surface area contributed by atoms with Gasteiger partial charge in [-0.3, -0.25) is 0 Å². The molecule has 0 aromatic heterocycles. The molecule has 0 saturated carbocycles. The first kappa shape index (κ1) is 17.8. The number of hydrogen-bond donors (Lipinski definition) is 0. The molecule has 2 aromatic rings. The number of hydrogen-bond acceptors (Lipinski definition) is 0. The summed E-state index contributed by atoms with van der Waals surface area (Å²) in [6.07, 6.45) is 4.63. The quantitative estimate of drug-likeness (QED) is 0.510. The second kappa shape index (κ2) is 8.36. The Morgan fingerprint density at radius 3 is 2.26 bits per heavy atom. The molecule has 0 spiro atoms. The van der Waals surface area contributed by atoms with Crippen molar-refractivity contribution in [2.24, 2.45) is 0 Å². The normalized spacial score (nSPS) is 12.2. The standard InChI is InChI=1S/C22H27Cl/c1-5-9-17(6-2)21(7-3)22-15-19(13-12-16(22)4)18-10-8-11-20(23)14-18/h8,10-15H,5-7,9H2,1-4H3/b21-17+. The predicted molar refractivity (Wildman–Crippen MR) is 104 cm³/mol. The van der Waals surface area contributed by atoms with Crippen LogP contribution >= 0.6 is 11.6 Å². The maximum atomic E-state index is 6.16. The second-order valence-electron chi connectivity index (χ2n) is 6.08. The Balaban J connectivity index is 2.56. The summed E-state index contributed by atoms with van der Waals surface area (Å²) in [5.74, 6) is 0. The molecule has 0 radical (unpaired) electrons. The lowest BCUT2D eigenvalue weighted by molar-refractivity contribution is 0.855. The molecular formula is C22H27Cl. The molecule has 0 unspecified atom stereocenters. The number of halogens is 1. The molecule has 0 aliphatic carbocycles. The summed E-state index contributed by atoms with van der Waals surface area (Å²) in [7, 11) is 0. The van der Waals surface area contributed by atoms with Gasteiger partial charge in [0.15, 0.2) is 0 Å². The zero-order valence-electron chi connectivity index (χ0n) is 14.7. The molecule has 122 valence electrons. The van der Waals surface area contributed by atoms with E-state index in [1.165, 1.54) is 40.7 Å². The molecule has 0 aliphatic heterocycles. The van der Waals surface area contributed by atoms with Crippen LogP contribution in [0.5, 0.6) is 0 Å². The van der Waals surface area contributed by atoms with Crippen LogP contribution in [0.4, 0.5) is 0 Å². The van der Waals surface area contributed by atoms with Gasteiger partial charge in [0.25, 0.3) is 0 Å². The van der Waals surface area contributed by atoms with Crippen molar-refractivity contribution in [1.29, 1.82) is 0 Å². The first-order valence-electron chi connectivity index (χ1n) is 8.68. The summed E-state index contributed by atoms with van der Waals surface area (Å²) in [6.45, 7) is 9.02. The van der Waals surface area contributed by atoms with Gasteiger partial charge in [0, 0.05) is 5.02 Å². The number of rotatable bonds is 6. The van der Waals surface area contributed by atoms with Gasteiger partial charge in [-0.15, -0.1) is 0 Å². The van der Waals surface area contributed by atoms with Crippen molar-refractivity contribution >= 4 is 17.2 Å². The topological polar surface area (TPSA) is 0 Å². The van der Waals surface area contributed by atoms with Gasteiger partial charge in [-0.2, -0.15) is 0 Å². The van der Waals surface area contributed by atoms with E-state index in [0.29, 0.717) is 0 Å². The Morgan fingerprint density at radius 2 is 1.65 bits per heavy atom. The maximum absolute atomic E-state index is 6.16. The van der Waals surface area contributed by atoms with Crippen molar-refractivity contribution in [1.82, 2.24) is 0 Å². The molecule has 0 bridgehead atoms. The van der Waals surface area contributed by atoms with E-state index in [0.717, 1.165) is 17.9 Å². The molecular weight excluding hydrogens is 300 g/mol. The number of aryl methyl sites for hydroxylation is 1. The molecule has 0 nitrogen and oxygen atoms in total. The van der Waals surface area contributed by atoms with E-state index in [1.54, 1.807) is 5.57 Å². The van der Waals surface area contributed by atoms with Crippen molar-refractivity contribution in [3.8, 4) is 11.1 Å². The third-order valence-corrected chi connectivity index (χ3v) is 4.71. The van der Waals surface area contributed by atoms with Crippen LogP contribution in [0, 0.1) is 6.92 Å².